The third-order valence-corrected chi connectivity index (χ3v) is 6.58. The zero-order valence-corrected chi connectivity index (χ0v) is 21.4. The van der Waals surface area contributed by atoms with Gasteiger partial charge < -0.3 is 10.2 Å². The number of amides is 2. The summed E-state index contributed by atoms with van der Waals surface area (Å²) in [7, 11) is -3.87. The lowest BCUT2D eigenvalue weighted by atomic mass is 10.1. The second-order valence-corrected chi connectivity index (χ2v) is 10.7. The summed E-state index contributed by atoms with van der Waals surface area (Å²) in [5.41, 5.74) is 0.771. The van der Waals surface area contributed by atoms with Crippen LogP contribution in [-0.4, -0.2) is 50.5 Å². The molecule has 0 saturated heterocycles. The fourth-order valence-corrected chi connectivity index (χ4v) is 4.53. The van der Waals surface area contributed by atoms with Gasteiger partial charge in [0, 0.05) is 13.1 Å². The Morgan fingerprint density at radius 2 is 1.71 bits per heavy atom. The van der Waals surface area contributed by atoms with Crippen LogP contribution in [0, 0.1) is 11.7 Å². The molecule has 0 fully saturated rings. The molecule has 0 aliphatic rings. The van der Waals surface area contributed by atoms with E-state index in [1.54, 1.807) is 19.1 Å². The number of para-hydroxylation sites is 1. The molecule has 1 unspecified atom stereocenters. The van der Waals surface area contributed by atoms with E-state index in [1.165, 1.54) is 41.3 Å². The van der Waals surface area contributed by atoms with Crippen molar-refractivity contribution in [3.63, 3.8) is 0 Å². The molecule has 2 aromatic carbocycles. The molecule has 7 nitrogen and oxygen atoms in total. The maximum absolute atomic E-state index is 13.5. The van der Waals surface area contributed by atoms with Gasteiger partial charge in [-0.15, -0.1) is 0 Å². The van der Waals surface area contributed by atoms with Gasteiger partial charge >= 0.3 is 0 Å². The first-order valence-corrected chi connectivity index (χ1v) is 13.2. The third kappa shape index (κ3) is 7.70. The molecule has 186 valence electrons. The van der Waals surface area contributed by atoms with Crippen molar-refractivity contribution in [1.29, 1.82) is 0 Å². The van der Waals surface area contributed by atoms with Gasteiger partial charge in [-0.1, -0.05) is 56.6 Å². The monoisotopic (exact) mass is 511 g/mol. The molecule has 10 heteroatoms. The largest absolute Gasteiger partial charge is 0.354 e. The Labute approximate surface area is 205 Å². The molecule has 1 N–H and O–H groups in total. The van der Waals surface area contributed by atoms with E-state index in [0.717, 1.165) is 10.6 Å². The Kier molecular flexibility index (Phi) is 9.88. The molecule has 0 heterocycles. The predicted molar refractivity (Wildman–Crippen MR) is 133 cm³/mol. The molecule has 0 spiro atoms. The molecular formula is C24H31ClFN3O4S. The second-order valence-electron chi connectivity index (χ2n) is 8.43. The number of carbonyl (C=O) groups excluding carboxylic acids is 2. The number of hydrogen-bond donors (Lipinski definition) is 1. The van der Waals surface area contributed by atoms with Gasteiger partial charge in [-0.05, 0) is 42.2 Å². The first kappa shape index (κ1) is 27.6. The maximum atomic E-state index is 13.5. The maximum Gasteiger partial charge on any atom is 0.244 e. The minimum Gasteiger partial charge on any atom is -0.354 e. The standard InChI is InChI=1S/C24H31ClFN3O4S/c1-5-21(24(31)27-14-17(2)3)28(15-18-10-12-19(26)13-11-18)23(30)16-29(34(4,32)33)22-9-7-6-8-20(22)25/h6-13,17,21H,5,14-16H2,1-4H3,(H,27,31). The number of benzene rings is 2. The number of anilines is 1. The summed E-state index contributed by atoms with van der Waals surface area (Å²) in [6.45, 7) is 5.58. The van der Waals surface area contributed by atoms with Gasteiger partial charge in [-0.3, -0.25) is 13.9 Å². The highest BCUT2D eigenvalue weighted by Gasteiger charge is 2.32. The van der Waals surface area contributed by atoms with Crippen LogP contribution in [0.3, 0.4) is 0 Å². The zero-order valence-electron chi connectivity index (χ0n) is 19.8. The van der Waals surface area contributed by atoms with Crippen LogP contribution >= 0.6 is 11.6 Å². The molecule has 0 saturated carbocycles. The highest BCUT2D eigenvalue weighted by molar-refractivity contribution is 7.92. The van der Waals surface area contributed by atoms with Crippen molar-refractivity contribution >= 4 is 39.1 Å². The lowest BCUT2D eigenvalue weighted by Crippen LogP contribution is -2.52. The van der Waals surface area contributed by atoms with Crippen molar-refractivity contribution in [2.24, 2.45) is 5.92 Å². The van der Waals surface area contributed by atoms with Gasteiger partial charge in [0.1, 0.15) is 18.4 Å². The Hall–Kier alpha value is -2.65. The van der Waals surface area contributed by atoms with Crippen LogP contribution in [0.25, 0.3) is 0 Å². The van der Waals surface area contributed by atoms with Gasteiger partial charge in [0.15, 0.2) is 0 Å². The van der Waals surface area contributed by atoms with Crippen molar-refractivity contribution < 1.29 is 22.4 Å². The number of hydrogen-bond acceptors (Lipinski definition) is 4. The summed E-state index contributed by atoms with van der Waals surface area (Å²) >= 11 is 6.21. The Bertz CT molecular complexity index is 1090. The van der Waals surface area contributed by atoms with Gasteiger partial charge in [0.05, 0.1) is 17.0 Å². The minimum absolute atomic E-state index is 0.00679. The molecule has 1 atom stereocenters. The van der Waals surface area contributed by atoms with E-state index in [0.29, 0.717) is 18.5 Å². The first-order valence-electron chi connectivity index (χ1n) is 11.0. The molecular weight excluding hydrogens is 481 g/mol. The van der Waals surface area contributed by atoms with Crippen molar-refractivity contribution in [3.05, 3.63) is 64.9 Å². The smallest absolute Gasteiger partial charge is 0.244 e. The average Bonchev–Trinajstić information content (AvgIpc) is 2.77. The van der Waals surface area contributed by atoms with E-state index < -0.39 is 34.3 Å². The van der Waals surface area contributed by atoms with Crippen LogP contribution in [0.5, 0.6) is 0 Å². The number of rotatable bonds is 11. The topological polar surface area (TPSA) is 86.8 Å². The second kappa shape index (κ2) is 12.2. The van der Waals surface area contributed by atoms with Gasteiger partial charge in [0.2, 0.25) is 21.8 Å². The number of halogens is 2. The molecule has 0 aromatic heterocycles. The fourth-order valence-electron chi connectivity index (χ4n) is 3.38. The fraction of sp³-hybridized carbons (Fsp3) is 0.417. The number of sulfonamides is 1. The highest BCUT2D eigenvalue weighted by atomic mass is 35.5. The zero-order chi connectivity index (χ0) is 25.5. The normalized spacial score (nSPS) is 12.3. The van der Waals surface area contributed by atoms with Crippen molar-refractivity contribution in [1.82, 2.24) is 10.2 Å². The molecule has 34 heavy (non-hydrogen) atoms. The molecule has 0 aliphatic carbocycles. The summed E-state index contributed by atoms with van der Waals surface area (Å²) in [5, 5.41) is 3.02. The average molecular weight is 512 g/mol. The summed E-state index contributed by atoms with van der Waals surface area (Å²) in [6, 6.07) is 11.1. The molecule has 0 radical (unpaired) electrons. The van der Waals surface area contributed by atoms with Crippen LogP contribution in [0.1, 0.15) is 32.8 Å². The van der Waals surface area contributed by atoms with E-state index in [4.69, 9.17) is 11.6 Å². The van der Waals surface area contributed by atoms with E-state index in [-0.39, 0.29) is 29.1 Å². The number of carbonyl (C=O) groups is 2. The summed E-state index contributed by atoms with van der Waals surface area (Å²) in [4.78, 5) is 27.8. The number of nitrogens with zero attached hydrogens (tertiary/aromatic N) is 2. The van der Waals surface area contributed by atoms with Crippen LogP contribution in [0.2, 0.25) is 5.02 Å². The summed E-state index contributed by atoms with van der Waals surface area (Å²) in [5.74, 6) is -1.13. The van der Waals surface area contributed by atoms with Gasteiger partial charge in [-0.2, -0.15) is 0 Å². The Morgan fingerprint density at radius 1 is 1.09 bits per heavy atom. The van der Waals surface area contributed by atoms with Crippen LogP contribution in [0.4, 0.5) is 10.1 Å². The molecule has 2 rings (SSSR count). The summed E-state index contributed by atoms with van der Waals surface area (Å²) in [6.07, 6.45) is 1.29. The molecule has 0 aliphatic heterocycles. The highest BCUT2D eigenvalue weighted by Crippen LogP contribution is 2.27. The van der Waals surface area contributed by atoms with Crippen molar-refractivity contribution in [2.75, 3.05) is 23.7 Å². The molecule has 0 bridgehead atoms. The quantitative estimate of drug-likeness (QED) is 0.497. The number of nitrogens with one attached hydrogen (secondary N) is 1. The molecule has 2 aromatic rings. The van der Waals surface area contributed by atoms with Gasteiger partial charge in [-0.25, -0.2) is 12.8 Å². The van der Waals surface area contributed by atoms with Crippen LogP contribution in [0.15, 0.2) is 48.5 Å². The lowest BCUT2D eigenvalue weighted by molar-refractivity contribution is -0.140. The van der Waals surface area contributed by atoms with E-state index >= 15 is 0 Å². The van der Waals surface area contributed by atoms with E-state index in [2.05, 4.69) is 5.32 Å². The van der Waals surface area contributed by atoms with Crippen molar-refractivity contribution in [3.8, 4) is 0 Å². The lowest BCUT2D eigenvalue weighted by Gasteiger charge is -2.33. The Balaban J connectivity index is 2.42. The van der Waals surface area contributed by atoms with Crippen LogP contribution < -0.4 is 9.62 Å². The minimum atomic E-state index is -3.87. The van der Waals surface area contributed by atoms with Gasteiger partial charge in [0.25, 0.3) is 0 Å². The van der Waals surface area contributed by atoms with Crippen molar-refractivity contribution in [2.45, 2.75) is 39.8 Å². The van der Waals surface area contributed by atoms with E-state index in [1.807, 2.05) is 13.8 Å². The van der Waals surface area contributed by atoms with Crippen LogP contribution in [-0.2, 0) is 26.2 Å². The Morgan fingerprint density at radius 3 is 2.24 bits per heavy atom. The molecule has 2 amide bonds. The SMILES string of the molecule is CCC(C(=O)NCC(C)C)N(Cc1ccc(F)cc1)C(=O)CN(c1ccccc1Cl)S(C)(=O)=O. The predicted octanol–water partition coefficient (Wildman–Crippen LogP) is 3.82. The van der Waals surface area contributed by atoms with E-state index in [9.17, 15) is 22.4 Å². The summed E-state index contributed by atoms with van der Waals surface area (Å²) < 4.78 is 39.5. The third-order valence-electron chi connectivity index (χ3n) is 5.14. The first-order chi connectivity index (χ1) is 15.9.